The maximum absolute atomic E-state index is 6.18. The van der Waals surface area contributed by atoms with Crippen LogP contribution >= 0.6 is 0 Å². The van der Waals surface area contributed by atoms with Gasteiger partial charge in [-0.15, -0.1) is 0 Å². The zero-order chi connectivity index (χ0) is 47.7. The van der Waals surface area contributed by atoms with Crippen LogP contribution < -0.4 is 4.90 Å². The highest BCUT2D eigenvalue weighted by atomic mass is 16.3. The Bertz CT molecular complexity index is 4300. The molecule has 1 spiro atoms. The van der Waals surface area contributed by atoms with Crippen LogP contribution in [0.1, 0.15) is 33.4 Å². The standard InChI is InChI=1S/C69H46N2O/c1-43-24-35-64-56(38-43)58-39-44(2)40-62-68(58)71(64)65-36-29-49(42-61(65)69(62)59-20-10-6-17-53(59)54-18-7-11-21-60(54)69)46-27-33-51(34-28-46)70(63-22-12-8-16-52(63)47-14-4-3-5-15-47)50-31-25-45(26-32-50)48-30-37-67-57(41-48)55-19-9-13-23-66(55)72-67/h3-42H,1-2H3. The van der Waals surface area contributed by atoms with Gasteiger partial charge in [-0.25, -0.2) is 0 Å². The molecule has 0 saturated carbocycles. The van der Waals surface area contributed by atoms with Gasteiger partial charge in [-0.3, -0.25) is 0 Å². The van der Waals surface area contributed by atoms with Crippen molar-refractivity contribution in [2.24, 2.45) is 0 Å². The number of hydrogen-bond donors (Lipinski definition) is 0. The zero-order valence-corrected chi connectivity index (χ0v) is 39.9. The first-order valence-electron chi connectivity index (χ1n) is 25.0. The van der Waals surface area contributed by atoms with Crippen LogP contribution in [0.4, 0.5) is 17.1 Å². The summed E-state index contributed by atoms with van der Waals surface area (Å²) in [6, 6.07) is 89.8. The van der Waals surface area contributed by atoms with E-state index in [1.165, 1.54) is 88.7 Å². The number of fused-ring (bicyclic) bond motifs is 15. The van der Waals surface area contributed by atoms with E-state index < -0.39 is 5.41 Å². The Labute approximate surface area is 418 Å². The van der Waals surface area contributed by atoms with E-state index in [1.807, 2.05) is 12.1 Å². The molecule has 3 nitrogen and oxygen atoms in total. The van der Waals surface area contributed by atoms with Crippen molar-refractivity contribution in [1.82, 2.24) is 4.57 Å². The molecule has 3 heteroatoms. The lowest BCUT2D eigenvalue weighted by atomic mass is 9.65. The number of anilines is 3. The number of benzene rings is 11. The van der Waals surface area contributed by atoms with Gasteiger partial charge >= 0.3 is 0 Å². The van der Waals surface area contributed by atoms with Crippen LogP contribution in [0.3, 0.4) is 0 Å². The third-order valence-corrected chi connectivity index (χ3v) is 15.7. The molecule has 1 aliphatic heterocycles. The Kier molecular flexibility index (Phi) is 8.71. The predicted octanol–water partition coefficient (Wildman–Crippen LogP) is 18.4. The van der Waals surface area contributed by atoms with Gasteiger partial charge in [0.1, 0.15) is 11.2 Å². The van der Waals surface area contributed by atoms with E-state index in [0.717, 1.165) is 55.7 Å². The highest BCUT2D eigenvalue weighted by Crippen LogP contribution is 2.61. The Morgan fingerprint density at radius 3 is 1.68 bits per heavy atom. The Morgan fingerprint density at radius 1 is 0.361 bits per heavy atom. The Balaban J connectivity index is 0.894. The van der Waals surface area contributed by atoms with E-state index in [2.05, 4.69) is 254 Å². The smallest absolute Gasteiger partial charge is 0.135 e. The molecule has 0 unspecified atom stereocenters. The molecular formula is C69H46N2O. The first-order chi connectivity index (χ1) is 35.5. The van der Waals surface area contributed by atoms with Gasteiger partial charge in [0.15, 0.2) is 0 Å². The molecule has 0 atom stereocenters. The Hall–Kier alpha value is -9.18. The molecule has 0 amide bonds. The van der Waals surface area contributed by atoms with E-state index in [1.54, 1.807) is 0 Å². The topological polar surface area (TPSA) is 21.3 Å². The van der Waals surface area contributed by atoms with E-state index in [0.29, 0.717) is 0 Å². The first-order valence-corrected chi connectivity index (χ1v) is 25.0. The van der Waals surface area contributed by atoms with Crippen LogP contribution in [0.25, 0.3) is 93.9 Å². The molecule has 0 fully saturated rings. The lowest BCUT2D eigenvalue weighted by Gasteiger charge is -2.40. The number of hydrogen-bond acceptors (Lipinski definition) is 2. The van der Waals surface area contributed by atoms with Gasteiger partial charge in [-0.05, 0) is 154 Å². The zero-order valence-electron chi connectivity index (χ0n) is 39.9. The maximum Gasteiger partial charge on any atom is 0.135 e. The van der Waals surface area contributed by atoms with Crippen molar-refractivity contribution >= 4 is 60.8 Å². The van der Waals surface area contributed by atoms with Gasteiger partial charge in [0.2, 0.25) is 0 Å². The van der Waals surface area contributed by atoms with Gasteiger partial charge in [-0.1, -0.05) is 175 Å². The summed E-state index contributed by atoms with van der Waals surface area (Å²) in [5, 5.41) is 4.87. The third-order valence-electron chi connectivity index (χ3n) is 15.7. The molecule has 3 heterocycles. The fourth-order valence-corrected chi connectivity index (χ4v) is 12.6. The van der Waals surface area contributed by atoms with Crippen LogP contribution in [-0.2, 0) is 5.41 Å². The molecule has 0 bridgehead atoms. The molecule has 0 N–H and O–H groups in total. The van der Waals surface area contributed by atoms with Crippen molar-refractivity contribution in [3.63, 3.8) is 0 Å². The average Bonchev–Trinajstić information content (AvgIpc) is 4.07. The summed E-state index contributed by atoms with van der Waals surface area (Å²) in [7, 11) is 0. The highest BCUT2D eigenvalue weighted by Gasteiger charge is 2.51. The fraction of sp³-hybridized carbons (Fsp3) is 0.0435. The minimum Gasteiger partial charge on any atom is -0.456 e. The van der Waals surface area contributed by atoms with Crippen molar-refractivity contribution < 1.29 is 4.42 Å². The van der Waals surface area contributed by atoms with E-state index in [-0.39, 0.29) is 0 Å². The minimum atomic E-state index is -0.523. The number of para-hydroxylation sites is 2. The lowest BCUT2D eigenvalue weighted by molar-refractivity contribution is 0.669. The summed E-state index contributed by atoms with van der Waals surface area (Å²) < 4.78 is 8.74. The quantitative estimate of drug-likeness (QED) is 0.166. The molecule has 72 heavy (non-hydrogen) atoms. The molecule has 15 rings (SSSR count). The van der Waals surface area contributed by atoms with Crippen molar-refractivity contribution in [2.45, 2.75) is 19.3 Å². The lowest BCUT2D eigenvalue weighted by Crippen LogP contribution is -2.33. The second-order valence-electron chi connectivity index (χ2n) is 19.8. The molecule has 1 aliphatic carbocycles. The van der Waals surface area contributed by atoms with E-state index >= 15 is 0 Å². The van der Waals surface area contributed by atoms with Gasteiger partial charge in [0.05, 0.1) is 27.8 Å². The van der Waals surface area contributed by atoms with Crippen LogP contribution in [0, 0.1) is 13.8 Å². The summed E-state index contributed by atoms with van der Waals surface area (Å²) in [6.45, 7) is 4.47. The third kappa shape index (κ3) is 5.79. The maximum atomic E-state index is 6.18. The van der Waals surface area contributed by atoms with E-state index in [4.69, 9.17) is 4.42 Å². The van der Waals surface area contributed by atoms with Gasteiger partial charge in [0, 0.05) is 38.5 Å². The number of aryl methyl sites for hydroxylation is 2. The van der Waals surface area contributed by atoms with Crippen LogP contribution in [-0.4, -0.2) is 4.57 Å². The summed E-state index contributed by atoms with van der Waals surface area (Å²) in [5.74, 6) is 0. The average molecular weight is 919 g/mol. The van der Waals surface area contributed by atoms with Gasteiger partial charge < -0.3 is 13.9 Å². The second kappa shape index (κ2) is 15.4. The first kappa shape index (κ1) is 40.7. The van der Waals surface area contributed by atoms with Crippen LogP contribution in [0.15, 0.2) is 247 Å². The summed E-state index contributed by atoms with van der Waals surface area (Å²) in [4.78, 5) is 2.40. The summed E-state index contributed by atoms with van der Waals surface area (Å²) in [5.41, 5.74) is 25.8. The SMILES string of the molecule is Cc1ccc2c(c1)c1cc(C)cc3c1n2-c1ccc(-c2ccc(N(c4ccc(-c5ccc6oc7ccccc7c6c5)cc4)c4ccccc4-c4ccccc4)cc2)cc1C31c2ccccc2-c2ccccc21. The minimum absolute atomic E-state index is 0.523. The molecule has 2 aliphatic rings. The van der Waals surface area contributed by atoms with Crippen molar-refractivity contribution in [3.8, 4) is 50.2 Å². The monoisotopic (exact) mass is 918 g/mol. The summed E-state index contributed by atoms with van der Waals surface area (Å²) in [6.07, 6.45) is 0. The van der Waals surface area contributed by atoms with Crippen LogP contribution in [0.2, 0.25) is 0 Å². The largest absolute Gasteiger partial charge is 0.456 e. The van der Waals surface area contributed by atoms with Crippen LogP contribution in [0.5, 0.6) is 0 Å². The van der Waals surface area contributed by atoms with E-state index in [9.17, 15) is 0 Å². The van der Waals surface area contributed by atoms with Crippen molar-refractivity contribution in [2.75, 3.05) is 4.90 Å². The van der Waals surface area contributed by atoms with Gasteiger partial charge in [-0.2, -0.15) is 0 Å². The number of nitrogens with zero attached hydrogens (tertiary/aromatic N) is 2. The van der Waals surface area contributed by atoms with Crippen molar-refractivity contribution in [1.29, 1.82) is 0 Å². The predicted molar refractivity (Wildman–Crippen MR) is 299 cm³/mol. The number of aromatic nitrogens is 1. The molecule has 338 valence electrons. The molecule has 0 radical (unpaired) electrons. The summed E-state index contributed by atoms with van der Waals surface area (Å²) >= 11 is 0. The number of rotatable bonds is 6. The highest BCUT2D eigenvalue weighted by molar-refractivity contribution is 6.13. The number of furan rings is 1. The molecule has 0 saturated heterocycles. The van der Waals surface area contributed by atoms with Crippen molar-refractivity contribution in [3.05, 3.63) is 276 Å². The second-order valence-corrected chi connectivity index (χ2v) is 19.8. The van der Waals surface area contributed by atoms with Gasteiger partial charge in [0.25, 0.3) is 0 Å². The molecule has 2 aromatic heterocycles. The molecule has 13 aromatic rings. The molecular weight excluding hydrogens is 873 g/mol. The normalized spacial score (nSPS) is 13.0. The Morgan fingerprint density at radius 2 is 0.944 bits per heavy atom. The fourth-order valence-electron chi connectivity index (χ4n) is 12.6. The molecule has 11 aromatic carbocycles.